The first-order valence-electron chi connectivity index (χ1n) is 2.81. The predicted octanol–water partition coefficient (Wildman–Crippen LogP) is 0.700. The highest BCUT2D eigenvalue weighted by Gasteiger charge is 1.97. The highest BCUT2D eigenvalue weighted by atomic mass is 16.1. The molecule has 0 atom stereocenters. The highest BCUT2D eigenvalue weighted by Crippen LogP contribution is 2.06. The van der Waals surface area contributed by atoms with Crippen LogP contribution < -0.4 is 11.5 Å². The molecule has 0 bridgehead atoms. The molecule has 3 N–H and O–H groups in total. The van der Waals surface area contributed by atoms with Gasteiger partial charge in [0, 0.05) is 5.56 Å². The first kappa shape index (κ1) is 6.61. The lowest BCUT2D eigenvalue weighted by atomic mass is 10.2. The zero-order valence-electron chi connectivity index (χ0n) is 5.29. The van der Waals surface area contributed by atoms with Gasteiger partial charge < -0.3 is 11.5 Å². The molecule has 0 aliphatic rings. The molecule has 1 amide bonds. The van der Waals surface area contributed by atoms with Crippen molar-refractivity contribution in [1.82, 2.24) is 5.73 Å². The lowest BCUT2D eigenvalue weighted by molar-refractivity contribution is 0.100. The van der Waals surface area contributed by atoms with E-state index in [2.05, 4.69) is 0 Å². The summed E-state index contributed by atoms with van der Waals surface area (Å²) in [5.41, 5.74) is 12.8. The largest absolute Gasteiger partial charge is 0.366 e. The second-order valence-electron chi connectivity index (χ2n) is 1.95. The fraction of sp³-hybridized carbons (Fsp3) is 0. The molecular weight excluding hydrogens is 128 g/mol. The van der Waals surface area contributed by atoms with Crippen LogP contribution in [-0.4, -0.2) is 5.91 Å². The molecule has 0 heterocycles. The van der Waals surface area contributed by atoms with Crippen molar-refractivity contribution in [2.24, 2.45) is 5.73 Å². The molecule has 0 spiro atoms. The second-order valence-corrected chi connectivity index (χ2v) is 1.95. The summed E-state index contributed by atoms with van der Waals surface area (Å²) < 4.78 is 0. The van der Waals surface area contributed by atoms with Crippen LogP contribution in [0, 0.1) is 0 Å². The summed E-state index contributed by atoms with van der Waals surface area (Å²) in [5, 5.41) is 0. The topological polar surface area (TPSA) is 66.9 Å². The Morgan fingerprint density at radius 2 is 2.20 bits per heavy atom. The van der Waals surface area contributed by atoms with Crippen LogP contribution in [0.25, 0.3) is 0 Å². The fourth-order valence-electron chi connectivity index (χ4n) is 0.672. The number of carbonyl (C=O) groups excluding carboxylic acids is 1. The average molecular weight is 135 g/mol. The van der Waals surface area contributed by atoms with E-state index in [1.165, 1.54) is 6.07 Å². The summed E-state index contributed by atoms with van der Waals surface area (Å²) in [4.78, 5) is 10.5. The maximum atomic E-state index is 10.5. The quantitative estimate of drug-likeness (QED) is 0.605. The van der Waals surface area contributed by atoms with Crippen molar-refractivity contribution in [2.75, 3.05) is 0 Å². The highest BCUT2D eigenvalue weighted by molar-refractivity contribution is 5.93. The van der Waals surface area contributed by atoms with Gasteiger partial charge in [-0.1, -0.05) is 6.07 Å². The molecule has 0 unspecified atom stereocenters. The molecule has 0 aliphatic heterocycles. The van der Waals surface area contributed by atoms with E-state index in [-0.39, 0.29) is 0 Å². The zero-order chi connectivity index (χ0) is 7.56. The summed E-state index contributed by atoms with van der Waals surface area (Å²) in [6, 6.07) is 6.23. The fourth-order valence-corrected chi connectivity index (χ4v) is 0.672. The van der Waals surface area contributed by atoms with Crippen molar-refractivity contribution >= 4 is 11.6 Å². The van der Waals surface area contributed by atoms with Gasteiger partial charge in [-0.15, -0.1) is 0 Å². The third kappa shape index (κ3) is 1.25. The summed E-state index contributed by atoms with van der Waals surface area (Å²) in [6.07, 6.45) is 0. The van der Waals surface area contributed by atoms with Crippen molar-refractivity contribution in [1.29, 1.82) is 0 Å². The van der Waals surface area contributed by atoms with Gasteiger partial charge in [-0.25, -0.2) is 0 Å². The average Bonchev–Trinajstić information content (AvgIpc) is 1.88. The van der Waals surface area contributed by atoms with Gasteiger partial charge in [-0.3, -0.25) is 4.79 Å². The number of hydrogen-bond acceptors (Lipinski definition) is 1. The van der Waals surface area contributed by atoms with Gasteiger partial charge in [0.25, 0.3) is 0 Å². The van der Waals surface area contributed by atoms with Crippen LogP contribution in [-0.2, 0) is 0 Å². The number of carbonyl (C=O) groups is 1. The Morgan fingerprint density at radius 3 is 2.60 bits per heavy atom. The predicted molar refractivity (Wildman–Crippen MR) is 37.7 cm³/mol. The van der Waals surface area contributed by atoms with Crippen LogP contribution in [0.3, 0.4) is 0 Å². The van der Waals surface area contributed by atoms with Crippen LogP contribution in [0.4, 0.5) is 5.69 Å². The van der Waals surface area contributed by atoms with E-state index < -0.39 is 5.91 Å². The molecule has 0 fully saturated rings. The van der Waals surface area contributed by atoms with Gasteiger partial charge in [0.05, 0.1) is 5.69 Å². The summed E-state index contributed by atoms with van der Waals surface area (Å²) >= 11 is 0. The molecule has 1 rings (SSSR count). The van der Waals surface area contributed by atoms with Crippen molar-refractivity contribution < 1.29 is 4.79 Å². The molecule has 1 aromatic carbocycles. The minimum absolute atomic E-state index is 0.302. The molecule has 0 aliphatic carbocycles. The minimum atomic E-state index is -0.492. The number of rotatable bonds is 1. The van der Waals surface area contributed by atoms with E-state index in [1.807, 2.05) is 0 Å². The number of amides is 1. The van der Waals surface area contributed by atoms with Gasteiger partial charge in [0.15, 0.2) is 0 Å². The zero-order valence-corrected chi connectivity index (χ0v) is 5.29. The monoisotopic (exact) mass is 135 g/mol. The van der Waals surface area contributed by atoms with Crippen LogP contribution >= 0.6 is 0 Å². The Morgan fingerprint density at radius 1 is 1.50 bits per heavy atom. The molecule has 0 saturated heterocycles. The van der Waals surface area contributed by atoms with Crippen molar-refractivity contribution in [2.45, 2.75) is 0 Å². The number of nitrogens with one attached hydrogen (secondary N) is 1. The smallest absolute Gasteiger partial charge is 0.248 e. The Bertz CT molecular complexity index is 258. The van der Waals surface area contributed by atoms with Crippen LogP contribution in [0.5, 0.6) is 0 Å². The maximum Gasteiger partial charge on any atom is 0.248 e. The molecule has 10 heavy (non-hydrogen) atoms. The third-order valence-corrected chi connectivity index (χ3v) is 1.15. The molecule has 1 aromatic rings. The van der Waals surface area contributed by atoms with E-state index in [0.29, 0.717) is 11.3 Å². The van der Waals surface area contributed by atoms with E-state index in [0.717, 1.165) is 0 Å². The molecule has 1 radical (unpaired) electrons. The molecule has 3 heteroatoms. The van der Waals surface area contributed by atoms with Crippen molar-refractivity contribution in [3.05, 3.63) is 29.8 Å². The summed E-state index contributed by atoms with van der Waals surface area (Å²) in [6.45, 7) is 0. The normalized spacial score (nSPS) is 9.20. The van der Waals surface area contributed by atoms with Gasteiger partial charge in [0.2, 0.25) is 5.91 Å². The lowest BCUT2D eigenvalue weighted by Crippen LogP contribution is -2.10. The molecule has 0 saturated carbocycles. The Hall–Kier alpha value is -1.51. The van der Waals surface area contributed by atoms with Crippen molar-refractivity contribution in [3.8, 4) is 0 Å². The first-order valence-corrected chi connectivity index (χ1v) is 2.81. The first-order chi connectivity index (χ1) is 4.70. The SMILES string of the molecule is [NH]c1cccc(C(N)=O)c1. The maximum absolute atomic E-state index is 10.5. The molecule has 51 valence electrons. The van der Waals surface area contributed by atoms with Gasteiger partial charge in [-0.2, -0.15) is 0 Å². The van der Waals surface area contributed by atoms with Gasteiger partial charge >= 0.3 is 0 Å². The van der Waals surface area contributed by atoms with E-state index >= 15 is 0 Å². The summed E-state index contributed by atoms with van der Waals surface area (Å²) in [7, 11) is 0. The standard InChI is InChI=1S/C7H7N2O/c8-6-3-1-2-5(4-6)7(9)10/h1-4,8H,(H2,9,10). The molecule has 3 nitrogen and oxygen atoms in total. The molecular formula is C7H7N2O. The van der Waals surface area contributed by atoms with Gasteiger partial charge in [0.1, 0.15) is 0 Å². The summed E-state index contributed by atoms with van der Waals surface area (Å²) in [5.74, 6) is -0.492. The van der Waals surface area contributed by atoms with Crippen LogP contribution in [0.15, 0.2) is 24.3 Å². The van der Waals surface area contributed by atoms with E-state index in [4.69, 9.17) is 11.5 Å². The molecule has 0 aromatic heterocycles. The van der Waals surface area contributed by atoms with Crippen LogP contribution in [0.2, 0.25) is 0 Å². The minimum Gasteiger partial charge on any atom is -0.366 e. The number of benzene rings is 1. The van der Waals surface area contributed by atoms with Gasteiger partial charge in [-0.05, 0) is 18.2 Å². The number of nitrogens with two attached hydrogens (primary N) is 1. The van der Waals surface area contributed by atoms with Crippen molar-refractivity contribution in [3.63, 3.8) is 0 Å². The Labute approximate surface area is 58.6 Å². The Kier molecular flexibility index (Phi) is 1.58. The van der Waals surface area contributed by atoms with Crippen LogP contribution in [0.1, 0.15) is 10.4 Å². The lowest BCUT2D eigenvalue weighted by Gasteiger charge is -1.93. The number of primary amides is 1. The third-order valence-electron chi connectivity index (χ3n) is 1.15. The number of hydrogen-bond donors (Lipinski definition) is 1. The Balaban J connectivity index is 3.07. The van der Waals surface area contributed by atoms with E-state index in [9.17, 15) is 4.79 Å². The second kappa shape index (κ2) is 2.39. The van der Waals surface area contributed by atoms with E-state index in [1.54, 1.807) is 18.2 Å².